The van der Waals surface area contributed by atoms with Crippen LogP contribution in [0, 0.1) is 0 Å². The Labute approximate surface area is 121 Å². The SMILES string of the molecule is CCc1ccccc1NS(=O)(=O)c1c[nH]c(=O)c(Cl)c1. The number of benzene rings is 1. The van der Waals surface area contributed by atoms with Crippen molar-refractivity contribution in [3.05, 3.63) is 57.5 Å². The number of aryl methyl sites for hydroxylation is 1. The van der Waals surface area contributed by atoms with Gasteiger partial charge in [0.15, 0.2) is 0 Å². The van der Waals surface area contributed by atoms with Crippen molar-refractivity contribution in [1.29, 1.82) is 0 Å². The molecule has 0 fully saturated rings. The van der Waals surface area contributed by atoms with E-state index >= 15 is 0 Å². The molecule has 5 nitrogen and oxygen atoms in total. The quantitative estimate of drug-likeness (QED) is 0.909. The van der Waals surface area contributed by atoms with Gasteiger partial charge in [0.1, 0.15) is 9.92 Å². The van der Waals surface area contributed by atoms with Gasteiger partial charge < -0.3 is 4.98 Å². The van der Waals surface area contributed by atoms with Crippen LogP contribution in [-0.2, 0) is 16.4 Å². The van der Waals surface area contributed by atoms with Crippen LogP contribution in [0.15, 0.2) is 46.2 Å². The summed E-state index contributed by atoms with van der Waals surface area (Å²) in [6.07, 6.45) is 1.82. The van der Waals surface area contributed by atoms with Gasteiger partial charge in [0.05, 0.1) is 5.69 Å². The maximum Gasteiger partial charge on any atom is 0.266 e. The van der Waals surface area contributed by atoms with E-state index < -0.39 is 15.6 Å². The molecule has 0 saturated heterocycles. The fourth-order valence-electron chi connectivity index (χ4n) is 1.72. The first-order chi connectivity index (χ1) is 9.44. The van der Waals surface area contributed by atoms with Crippen LogP contribution in [0.4, 0.5) is 5.69 Å². The van der Waals surface area contributed by atoms with E-state index in [2.05, 4.69) is 9.71 Å². The van der Waals surface area contributed by atoms with Crippen molar-refractivity contribution in [3.8, 4) is 0 Å². The minimum atomic E-state index is -3.79. The van der Waals surface area contributed by atoms with Gasteiger partial charge in [0.2, 0.25) is 0 Å². The molecule has 0 amide bonds. The van der Waals surface area contributed by atoms with Gasteiger partial charge >= 0.3 is 0 Å². The van der Waals surface area contributed by atoms with Crippen LogP contribution >= 0.6 is 11.6 Å². The molecule has 2 aromatic rings. The first-order valence-corrected chi connectivity index (χ1v) is 7.79. The molecule has 0 radical (unpaired) electrons. The Morgan fingerprint density at radius 1 is 1.30 bits per heavy atom. The zero-order valence-electron chi connectivity index (χ0n) is 10.7. The summed E-state index contributed by atoms with van der Waals surface area (Å²) in [7, 11) is -3.79. The summed E-state index contributed by atoms with van der Waals surface area (Å²) in [4.78, 5) is 13.3. The van der Waals surface area contributed by atoms with Crippen molar-refractivity contribution in [2.24, 2.45) is 0 Å². The van der Waals surface area contributed by atoms with Crippen molar-refractivity contribution in [2.45, 2.75) is 18.2 Å². The summed E-state index contributed by atoms with van der Waals surface area (Å²) in [5.41, 5.74) is 0.864. The number of para-hydroxylation sites is 1. The Kier molecular flexibility index (Phi) is 4.15. The molecule has 0 bridgehead atoms. The van der Waals surface area contributed by atoms with Crippen molar-refractivity contribution >= 4 is 27.3 Å². The van der Waals surface area contributed by atoms with Crippen LogP contribution in [0.3, 0.4) is 0 Å². The average molecular weight is 313 g/mol. The second-order valence-electron chi connectivity index (χ2n) is 4.13. The zero-order valence-corrected chi connectivity index (χ0v) is 12.3. The Bertz CT molecular complexity index is 784. The van der Waals surface area contributed by atoms with Crippen LogP contribution in [0.1, 0.15) is 12.5 Å². The van der Waals surface area contributed by atoms with Gasteiger partial charge in [0.25, 0.3) is 15.6 Å². The van der Waals surface area contributed by atoms with E-state index in [0.29, 0.717) is 12.1 Å². The van der Waals surface area contributed by atoms with Crippen LogP contribution < -0.4 is 10.3 Å². The lowest BCUT2D eigenvalue weighted by Crippen LogP contribution is -2.16. The summed E-state index contributed by atoms with van der Waals surface area (Å²) in [5.74, 6) is 0. The number of anilines is 1. The molecule has 2 N–H and O–H groups in total. The number of aromatic nitrogens is 1. The molecule has 1 heterocycles. The first kappa shape index (κ1) is 14.6. The van der Waals surface area contributed by atoms with E-state index in [1.165, 1.54) is 0 Å². The molecule has 0 aliphatic rings. The summed E-state index contributed by atoms with van der Waals surface area (Å²) in [6, 6.07) is 8.24. The van der Waals surface area contributed by atoms with Crippen LogP contribution in [0.2, 0.25) is 5.02 Å². The molecule has 0 saturated carbocycles. The van der Waals surface area contributed by atoms with Crippen molar-refractivity contribution in [2.75, 3.05) is 4.72 Å². The third-order valence-corrected chi connectivity index (χ3v) is 4.41. The van der Waals surface area contributed by atoms with Crippen molar-refractivity contribution < 1.29 is 8.42 Å². The largest absolute Gasteiger partial charge is 0.326 e. The number of hydrogen-bond acceptors (Lipinski definition) is 3. The number of H-pyrrole nitrogens is 1. The number of sulfonamides is 1. The predicted molar refractivity (Wildman–Crippen MR) is 78.7 cm³/mol. The molecule has 7 heteroatoms. The number of pyridine rings is 1. The molecule has 1 aromatic carbocycles. The number of halogens is 1. The van der Waals surface area contributed by atoms with E-state index in [9.17, 15) is 13.2 Å². The topological polar surface area (TPSA) is 79.0 Å². The molecular formula is C13H13ClN2O3S. The molecule has 1 aromatic heterocycles. The number of rotatable bonds is 4. The second kappa shape index (κ2) is 5.68. The minimum absolute atomic E-state index is 0.0898. The summed E-state index contributed by atoms with van der Waals surface area (Å²) < 4.78 is 27.0. The van der Waals surface area contributed by atoms with E-state index in [4.69, 9.17) is 11.6 Å². The van der Waals surface area contributed by atoms with Crippen molar-refractivity contribution in [3.63, 3.8) is 0 Å². The minimum Gasteiger partial charge on any atom is -0.326 e. The van der Waals surface area contributed by atoms with Gasteiger partial charge in [-0.15, -0.1) is 0 Å². The fraction of sp³-hybridized carbons (Fsp3) is 0.154. The van der Waals surface area contributed by atoms with Gasteiger partial charge in [-0.1, -0.05) is 36.7 Å². The monoisotopic (exact) mass is 312 g/mol. The molecule has 0 spiro atoms. The average Bonchev–Trinajstić information content (AvgIpc) is 2.42. The zero-order chi connectivity index (χ0) is 14.8. The highest BCUT2D eigenvalue weighted by Crippen LogP contribution is 2.20. The smallest absolute Gasteiger partial charge is 0.266 e. The molecule has 0 atom stereocenters. The first-order valence-electron chi connectivity index (χ1n) is 5.93. The molecule has 0 aliphatic heterocycles. The molecule has 0 aliphatic carbocycles. The maximum absolute atomic E-state index is 12.2. The summed E-state index contributed by atoms with van der Waals surface area (Å²) in [6.45, 7) is 1.93. The predicted octanol–water partition coefficient (Wildman–Crippen LogP) is 2.39. The standard InChI is InChI=1S/C13H13ClN2O3S/c1-2-9-5-3-4-6-12(9)16-20(18,19)10-7-11(14)13(17)15-8-10/h3-8,16H,2H2,1H3,(H,15,17). The molecule has 20 heavy (non-hydrogen) atoms. The van der Waals surface area contributed by atoms with Gasteiger partial charge in [-0.25, -0.2) is 8.42 Å². The Morgan fingerprint density at radius 3 is 2.65 bits per heavy atom. The molecule has 0 unspecified atom stereocenters. The molecule has 106 valence electrons. The number of hydrogen-bond donors (Lipinski definition) is 2. The number of aromatic amines is 1. The maximum atomic E-state index is 12.2. The third kappa shape index (κ3) is 3.02. The van der Waals surface area contributed by atoms with E-state index in [-0.39, 0.29) is 9.92 Å². The van der Waals surface area contributed by atoms with Gasteiger partial charge in [-0.2, -0.15) is 0 Å². The number of nitrogens with one attached hydrogen (secondary N) is 2. The van der Waals surface area contributed by atoms with E-state index in [0.717, 1.165) is 17.8 Å². The van der Waals surface area contributed by atoms with Gasteiger partial charge in [0, 0.05) is 6.20 Å². The highest BCUT2D eigenvalue weighted by Gasteiger charge is 2.17. The summed E-state index contributed by atoms with van der Waals surface area (Å²) in [5, 5.41) is -0.170. The molecular weight excluding hydrogens is 300 g/mol. The van der Waals surface area contributed by atoms with E-state index in [1.54, 1.807) is 12.1 Å². The highest BCUT2D eigenvalue weighted by molar-refractivity contribution is 7.92. The highest BCUT2D eigenvalue weighted by atomic mass is 35.5. The van der Waals surface area contributed by atoms with Gasteiger partial charge in [-0.05, 0) is 24.1 Å². The Balaban J connectivity index is 2.40. The Morgan fingerprint density at radius 2 is 2.00 bits per heavy atom. The van der Waals surface area contributed by atoms with Crippen LogP contribution in [0.25, 0.3) is 0 Å². The third-order valence-electron chi connectivity index (χ3n) is 2.78. The Hall–Kier alpha value is -1.79. The normalized spacial score (nSPS) is 11.3. The van der Waals surface area contributed by atoms with Crippen molar-refractivity contribution in [1.82, 2.24) is 4.98 Å². The van der Waals surface area contributed by atoms with E-state index in [1.807, 2.05) is 19.1 Å². The van der Waals surface area contributed by atoms with Gasteiger partial charge in [-0.3, -0.25) is 9.52 Å². The lowest BCUT2D eigenvalue weighted by molar-refractivity contribution is 0.600. The fourth-order valence-corrected chi connectivity index (χ4v) is 3.06. The summed E-state index contributed by atoms with van der Waals surface area (Å²) >= 11 is 5.65. The van der Waals surface area contributed by atoms with Crippen LogP contribution in [0.5, 0.6) is 0 Å². The lowest BCUT2D eigenvalue weighted by Gasteiger charge is -2.11. The lowest BCUT2D eigenvalue weighted by atomic mass is 10.1. The molecule has 2 rings (SSSR count). The second-order valence-corrected chi connectivity index (χ2v) is 6.22. The van der Waals surface area contributed by atoms with Crippen LogP contribution in [-0.4, -0.2) is 13.4 Å².